The average molecular weight is 493 g/mol. The number of halogens is 3. The van der Waals surface area contributed by atoms with Crippen LogP contribution in [0, 0.1) is 17.0 Å². The molecule has 1 fully saturated rings. The lowest BCUT2D eigenvalue weighted by Gasteiger charge is -2.29. The van der Waals surface area contributed by atoms with Crippen molar-refractivity contribution in [3.8, 4) is 0 Å². The predicted octanol–water partition coefficient (Wildman–Crippen LogP) is 2.77. The first-order valence-corrected chi connectivity index (χ1v) is 11.3. The van der Waals surface area contributed by atoms with Gasteiger partial charge in [0.2, 0.25) is 15.6 Å². The van der Waals surface area contributed by atoms with Gasteiger partial charge in [-0.2, -0.15) is 17.5 Å². The smallest absolute Gasteiger partial charge is 0.424 e. The number of morpholine rings is 1. The molecule has 0 radical (unpaired) electrons. The fourth-order valence-electron chi connectivity index (χ4n) is 3.35. The van der Waals surface area contributed by atoms with Gasteiger partial charge in [0.1, 0.15) is 16.4 Å². The van der Waals surface area contributed by atoms with Gasteiger partial charge in [-0.3, -0.25) is 10.1 Å². The molecule has 10 nitrogen and oxygen atoms in total. The van der Waals surface area contributed by atoms with Crippen molar-refractivity contribution < 1.29 is 40.8 Å². The summed E-state index contributed by atoms with van der Waals surface area (Å²) in [6.07, 6.45) is -5.98. The number of ether oxygens (including phenoxy) is 1. The maximum absolute atomic E-state index is 13.7. The number of aliphatic hydroxyl groups is 1. The minimum Gasteiger partial charge on any atom is -0.463 e. The van der Waals surface area contributed by atoms with E-state index in [9.17, 15) is 36.8 Å². The zero-order valence-corrected chi connectivity index (χ0v) is 18.3. The van der Waals surface area contributed by atoms with E-state index in [2.05, 4.69) is 5.32 Å². The Morgan fingerprint density at radius 2 is 1.88 bits per heavy atom. The summed E-state index contributed by atoms with van der Waals surface area (Å²) < 4.78 is 78.3. The molecule has 0 spiro atoms. The maximum atomic E-state index is 13.7. The average Bonchev–Trinajstić information content (AvgIpc) is 3.20. The molecule has 2 heterocycles. The van der Waals surface area contributed by atoms with E-state index in [1.54, 1.807) is 0 Å². The molecule has 0 bridgehead atoms. The quantitative estimate of drug-likeness (QED) is 0.423. The minimum atomic E-state index is -5.07. The van der Waals surface area contributed by atoms with Gasteiger partial charge in [0, 0.05) is 38.2 Å². The molecule has 182 valence electrons. The monoisotopic (exact) mass is 493 g/mol. The number of nitrogens with zero attached hydrogens (tertiary/aromatic N) is 2. The second kappa shape index (κ2) is 9.29. The first-order chi connectivity index (χ1) is 15.4. The SMILES string of the molecule is Cc1ccc(C(O)(CCNc2ccc([N+](=O)[O-])cc2S(=O)(=O)N2CCOCC2)C(F)(F)F)o1. The summed E-state index contributed by atoms with van der Waals surface area (Å²) in [5.41, 5.74) is -3.95. The van der Waals surface area contributed by atoms with Crippen LogP contribution < -0.4 is 5.32 Å². The molecule has 1 aliphatic rings. The van der Waals surface area contributed by atoms with Crippen LogP contribution in [0.5, 0.6) is 0 Å². The summed E-state index contributed by atoms with van der Waals surface area (Å²) in [7, 11) is -4.21. The molecule has 1 saturated heterocycles. The topological polar surface area (TPSA) is 135 Å². The molecule has 1 aliphatic heterocycles. The molecule has 1 atom stereocenters. The number of nitro benzene ring substituents is 1. The number of sulfonamides is 1. The van der Waals surface area contributed by atoms with Crippen LogP contribution in [0.1, 0.15) is 17.9 Å². The molecule has 1 aromatic carbocycles. The van der Waals surface area contributed by atoms with Gasteiger partial charge >= 0.3 is 6.18 Å². The van der Waals surface area contributed by atoms with Gasteiger partial charge in [0.15, 0.2) is 0 Å². The number of nitro groups is 1. The van der Waals surface area contributed by atoms with E-state index in [1.165, 1.54) is 13.0 Å². The first-order valence-electron chi connectivity index (χ1n) is 9.82. The summed E-state index contributed by atoms with van der Waals surface area (Å²) in [4.78, 5) is 9.94. The van der Waals surface area contributed by atoms with Gasteiger partial charge in [0.25, 0.3) is 5.69 Å². The van der Waals surface area contributed by atoms with Crippen molar-refractivity contribution in [2.24, 2.45) is 0 Å². The van der Waals surface area contributed by atoms with E-state index in [-0.39, 0.29) is 37.8 Å². The molecule has 0 amide bonds. The predicted molar refractivity (Wildman–Crippen MR) is 109 cm³/mol. The normalized spacial score (nSPS) is 17.5. The summed E-state index contributed by atoms with van der Waals surface area (Å²) in [5, 5.41) is 24.1. The van der Waals surface area contributed by atoms with Gasteiger partial charge in [-0.1, -0.05) is 0 Å². The Morgan fingerprint density at radius 1 is 1.21 bits per heavy atom. The molecule has 1 aromatic heterocycles. The minimum absolute atomic E-state index is 0.0239. The number of furan rings is 1. The fourth-order valence-corrected chi connectivity index (χ4v) is 4.95. The molecule has 2 N–H and O–H groups in total. The lowest BCUT2D eigenvalue weighted by molar-refractivity contribution is -0.385. The van der Waals surface area contributed by atoms with Gasteiger partial charge in [-0.15, -0.1) is 0 Å². The number of aryl methyl sites for hydroxylation is 1. The molecule has 0 aliphatic carbocycles. The number of anilines is 1. The Bertz CT molecular complexity index is 1110. The largest absolute Gasteiger partial charge is 0.463 e. The highest BCUT2D eigenvalue weighted by Gasteiger charge is 2.56. The van der Waals surface area contributed by atoms with Crippen molar-refractivity contribution in [2.45, 2.75) is 30.0 Å². The van der Waals surface area contributed by atoms with E-state index in [4.69, 9.17) is 9.15 Å². The third kappa shape index (κ3) is 5.13. The van der Waals surface area contributed by atoms with Crippen LogP contribution in [0.3, 0.4) is 0 Å². The van der Waals surface area contributed by atoms with E-state index in [1.807, 2.05) is 0 Å². The van der Waals surface area contributed by atoms with E-state index in [0.29, 0.717) is 0 Å². The fraction of sp³-hybridized carbons (Fsp3) is 0.474. The van der Waals surface area contributed by atoms with Gasteiger partial charge in [-0.25, -0.2) is 8.42 Å². The van der Waals surface area contributed by atoms with Gasteiger partial charge in [-0.05, 0) is 25.1 Å². The molecule has 0 saturated carbocycles. The van der Waals surface area contributed by atoms with Crippen molar-refractivity contribution in [1.29, 1.82) is 0 Å². The van der Waals surface area contributed by atoms with E-state index < -0.39 is 56.0 Å². The van der Waals surface area contributed by atoms with Crippen LogP contribution in [0.15, 0.2) is 39.6 Å². The van der Waals surface area contributed by atoms with Crippen molar-refractivity contribution >= 4 is 21.4 Å². The third-order valence-electron chi connectivity index (χ3n) is 5.18. The van der Waals surface area contributed by atoms with Gasteiger partial charge < -0.3 is 19.6 Å². The number of alkyl halides is 3. The van der Waals surface area contributed by atoms with Crippen LogP contribution in [0.2, 0.25) is 0 Å². The molecular formula is C19H22F3N3O7S. The first kappa shape index (κ1) is 25.0. The van der Waals surface area contributed by atoms with Crippen molar-refractivity contribution in [3.63, 3.8) is 0 Å². The number of hydrogen-bond donors (Lipinski definition) is 2. The highest BCUT2D eigenvalue weighted by atomic mass is 32.2. The van der Waals surface area contributed by atoms with E-state index >= 15 is 0 Å². The lowest BCUT2D eigenvalue weighted by Crippen LogP contribution is -2.43. The number of hydrogen-bond acceptors (Lipinski definition) is 8. The third-order valence-corrected chi connectivity index (χ3v) is 7.12. The van der Waals surface area contributed by atoms with Crippen molar-refractivity contribution in [1.82, 2.24) is 4.31 Å². The summed E-state index contributed by atoms with van der Waals surface area (Å²) >= 11 is 0. The Labute approximate surface area is 187 Å². The number of nitrogens with one attached hydrogen (secondary N) is 1. The second-order valence-corrected chi connectivity index (χ2v) is 9.31. The number of rotatable bonds is 8. The van der Waals surface area contributed by atoms with Crippen LogP contribution in [-0.4, -0.2) is 61.8 Å². The Morgan fingerprint density at radius 3 is 2.42 bits per heavy atom. The molecule has 14 heteroatoms. The standard InChI is InChI=1S/C19H22F3N3O7S/c1-13-2-5-17(32-13)18(26,19(20,21)22)6-7-23-15-4-3-14(25(27)28)12-16(15)33(29,30)24-8-10-31-11-9-24/h2-5,12,23,26H,6-11H2,1H3. The van der Waals surface area contributed by atoms with Crippen LogP contribution in [-0.2, 0) is 20.4 Å². The molecule has 1 unspecified atom stereocenters. The van der Waals surface area contributed by atoms with Crippen LogP contribution in [0.25, 0.3) is 0 Å². The second-order valence-electron chi connectivity index (χ2n) is 7.40. The lowest BCUT2D eigenvalue weighted by atomic mass is 9.95. The molecule has 33 heavy (non-hydrogen) atoms. The summed E-state index contributed by atoms with van der Waals surface area (Å²) in [5.74, 6) is -0.519. The molecule has 2 aromatic rings. The number of non-ortho nitro benzene ring substituents is 1. The highest BCUT2D eigenvalue weighted by Crippen LogP contribution is 2.42. The highest BCUT2D eigenvalue weighted by molar-refractivity contribution is 7.89. The maximum Gasteiger partial charge on any atom is 0.424 e. The van der Waals surface area contributed by atoms with Crippen LogP contribution in [0.4, 0.5) is 24.5 Å². The van der Waals surface area contributed by atoms with Gasteiger partial charge in [0.05, 0.1) is 23.8 Å². The summed E-state index contributed by atoms with van der Waals surface area (Å²) in [6.45, 7) is 1.24. The van der Waals surface area contributed by atoms with Crippen molar-refractivity contribution in [2.75, 3.05) is 38.2 Å². The van der Waals surface area contributed by atoms with Crippen LogP contribution >= 0.6 is 0 Å². The Balaban J connectivity index is 1.89. The molecular weight excluding hydrogens is 471 g/mol. The zero-order valence-electron chi connectivity index (χ0n) is 17.5. The summed E-state index contributed by atoms with van der Waals surface area (Å²) in [6, 6.07) is 5.28. The van der Waals surface area contributed by atoms with E-state index in [0.717, 1.165) is 28.6 Å². The van der Waals surface area contributed by atoms with Crippen molar-refractivity contribution in [3.05, 3.63) is 52.0 Å². The molecule has 3 rings (SSSR count). The zero-order chi connectivity index (χ0) is 24.4. The Hall–Kier alpha value is -2.68. The number of benzene rings is 1. The Kier molecular flexibility index (Phi) is 7.02.